The van der Waals surface area contributed by atoms with Crippen molar-refractivity contribution in [3.63, 3.8) is 0 Å². The Bertz CT molecular complexity index is 515. The lowest BCUT2D eigenvalue weighted by Gasteiger charge is -2.13. The second-order valence-electron chi connectivity index (χ2n) is 5.39. The molecule has 0 bridgehead atoms. The van der Waals surface area contributed by atoms with Gasteiger partial charge in [0.25, 0.3) is 0 Å². The molecule has 0 unspecified atom stereocenters. The predicted octanol–water partition coefficient (Wildman–Crippen LogP) is 3.95. The molecule has 2 nitrogen and oxygen atoms in total. The van der Waals surface area contributed by atoms with Crippen LogP contribution in [-0.2, 0) is 6.42 Å². The summed E-state index contributed by atoms with van der Waals surface area (Å²) in [6.45, 7) is 8.94. The van der Waals surface area contributed by atoms with Crippen molar-refractivity contribution in [2.24, 2.45) is 5.92 Å². The Labute approximate surface area is 103 Å². The fourth-order valence-corrected chi connectivity index (χ4v) is 2.12. The first-order valence-corrected chi connectivity index (χ1v) is 6.30. The van der Waals surface area contributed by atoms with E-state index in [1.165, 1.54) is 16.5 Å². The molecule has 1 heterocycles. The maximum atomic E-state index is 4.38. The van der Waals surface area contributed by atoms with E-state index in [-0.39, 0.29) is 0 Å². The fourth-order valence-electron chi connectivity index (χ4n) is 2.12. The molecule has 0 amide bonds. The molecule has 0 saturated heterocycles. The Morgan fingerprint density at radius 2 is 1.88 bits per heavy atom. The SMILES string of the molecule is CC(C)Cc1cc(C(C)C)cc2ncncc12. The first-order valence-electron chi connectivity index (χ1n) is 6.30. The summed E-state index contributed by atoms with van der Waals surface area (Å²) < 4.78 is 0. The minimum atomic E-state index is 0.542. The summed E-state index contributed by atoms with van der Waals surface area (Å²) in [5.41, 5.74) is 3.82. The second-order valence-corrected chi connectivity index (χ2v) is 5.39. The van der Waals surface area contributed by atoms with E-state index in [0.717, 1.165) is 11.9 Å². The van der Waals surface area contributed by atoms with E-state index in [4.69, 9.17) is 0 Å². The lowest BCUT2D eigenvalue weighted by atomic mass is 9.93. The van der Waals surface area contributed by atoms with Gasteiger partial charge in [0.1, 0.15) is 6.33 Å². The predicted molar refractivity (Wildman–Crippen MR) is 72.2 cm³/mol. The highest BCUT2D eigenvalue weighted by molar-refractivity contribution is 5.82. The Hall–Kier alpha value is -1.44. The lowest BCUT2D eigenvalue weighted by Crippen LogP contribution is -1.99. The molecule has 1 aromatic heterocycles. The van der Waals surface area contributed by atoms with Crippen molar-refractivity contribution in [3.05, 3.63) is 35.8 Å². The third kappa shape index (κ3) is 2.63. The third-order valence-corrected chi connectivity index (χ3v) is 3.03. The number of nitrogens with zero attached hydrogens (tertiary/aromatic N) is 2. The van der Waals surface area contributed by atoms with Crippen LogP contribution in [0.25, 0.3) is 10.9 Å². The van der Waals surface area contributed by atoms with Crippen molar-refractivity contribution in [1.29, 1.82) is 0 Å². The van der Waals surface area contributed by atoms with Gasteiger partial charge in [-0.15, -0.1) is 0 Å². The number of hydrogen-bond acceptors (Lipinski definition) is 2. The molecule has 0 aliphatic rings. The molecule has 1 aromatic carbocycles. The molecule has 2 aromatic rings. The zero-order chi connectivity index (χ0) is 12.4. The molecular formula is C15H20N2. The van der Waals surface area contributed by atoms with Gasteiger partial charge in [-0.3, -0.25) is 0 Å². The zero-order valence-electron chi connectivity index (χ0n) is 11.1. The van der Waals surface area contributed by atoms with E-state index in [1.807, 2.05) is 6.20 Å². The summed E-state index contributed by atoms with van der Waals surface area (Å²) in [7, 11) is 0. The molecular weight excluding hydrogens is 208 g/mol. The number of aromatic nitrogens is 2. The van der Waals surface area contributed by atoms with Crippen LogP contribution < -0.4 is 0 Å². The van der Waals surface area contributed by atoms with Gasteiger partial charge in [-0.25, -0.2) is 9.97 Å². The van der Waals surface area contributed by atoms with Crippen molar-refractivity contribution in [1.82, 2.24) is 9.97 Å². The number of fused-ring (bicyclic) bond motifs is 1. The molecule has 0 radical (unpaired) electrons. The lowest BCUT2D eigenvalue weighted by molar-refractivity contribution is 0.649. The van der Waals surface area contributed by atoms with E-state index in [2.05, 4.69) is 49.8 Å². The number of rotatable bonds is 3. The van der Waals surface area contributed by atoms with Crippen LogP contribution in [0.4, 0.5) is 0 Å². The fraction of sp³-hybridized carbons (Fsp3) is 0.467. The van der Waals surface area contributed by atoms with E-state index >= 15 is 0 Å². The standard InChI is InChI=1S/C15H20N2/c1-10(2)5-13-6-12(11(3)4)7-15-14(13)8-16-9-17-15/h6-11H,5H2,1-4H3. The van der Waals surface area contributed by atoms with Gasteiger partial charge < -0.3 is 0 Å². The molecule has 0 N–H and O–H groups in total. The quantitative estimate of drug-likeness (QED) is 0.795. The van der Waals surface area contributed by atoms with Gasteiger partial charge in [-0.2, -0.15) is 0 Å². The highest BCUT2D eigenvalue weighted by Gasteiger charge is 2.09. The Balaban J connectivity index is 2.60. The number of benzene rings is 1. The van der Waals surface area contributed by atoms with Crippen LogP contribution in [0.5, 0.6) is 0 Å². The highest BCUT2D eigenvalue weighted by Crippen LogP contribution is 2.25. The first kappa shape index (κ1) is 12.0. The minimum Gasteiger partial charge on any atom is -0.244 e. The van der Waals surface area contributed by atoms with Gasteiger partial charge >= 0.3 is 0 Å². The largest absolute Gasteiger partial charge is 0.244 e. The van der Waals surface area contributed by atoms with Gasteiger partial charge in [0, 0.05) is 11.6 Å². The normalized spacial score (nSPS) is 11.6. The number of hydrogen-bond donors (Lipinski definition) is 0. The maximum absolute atomic E-state index is 4.38. The first-order chi connectivity index (χ1) is 8.08. The van der Waals surface area contributed by atoms with Gasteiger partial charge in [0.2, 0.25) is 0 Å². The van der Waals surface area contributed by atoms with Crippen LogP contribution in [0, 0.1) is 5.92 Å². The smallest absolute Gasteiger partial charge is 0.116 e. The van der Waals surface area contributed by atoms with Crippen LogP contribution in [0.15, 0.2) is 24.7 Å². The van der Waals surface area contributed by atoms with Gasteiger partial charge in [-0.05, 0) is 35.4 Å². The monoisotopic (exact) mass is 228 g/mol. The van der Waals surface area contributed by atoms with Crippen LogP contribution in [0.2, 0.25) is 0 Å². The second kappa shape index (κ2) is 4.82. The molecule has 0 aliphatic heterocycles. The average molecular weight is 228 g/mol. The van der Waals surface area contributed by atoms with E-state index in [1.54, 1.807) is 6.33 Å². The minimum absolute atomic E-state index is 0.542. The summed E-state index contributed by atoms with van der Waals surface area (Å²) in [6.07, 6.45) is 4.65. The third-order valence-electron chi connectivity index (χ3n) is 3.03. The van der Waals surface area contributed by atoms with Crippen molar-refractivity contribution >= 4 is 10.9 Å². The van der Waals surface area contributed by atoms with Crippen molar-refractivity contribution in [3.8, 4) is 0 Å². The van der Waals surface area contributed by atoms with Gasteiger partial charge in [0.05, 0.1) is 5.52 Å². The summed E-state index contributed by atoms with van der Waals surface area (Å²) in [4.78, 5) is 8.53. The summed E-state index contributed by atoms with van der Waals surface area (Å²) in [5, 5.41) is 1.20. The molecule has 0 fully saturated rings. The zero-order valence-corrected chi connectivity index (χ0v) is 11.1. The van der Waals surface area contributed by atoms with Gasteiger partial charge in [0.15, 0.2) is 0 Å². The average Bonchev–Trinajstić information content (AvgIpc) is 2.28. The molecule has 17 heavy (non-hydrogen) atoms. The molecule has 0 spiro atoms. The molecule has 0 aliphatic carbocycles. The van der Waals surface area contributed by atoms with E-state index in [0.29, 0.717) is 11.8 Å². The summed E-state index contributed by atoms with van der Waals surface area (Å²) in [6, 6.07) is 4.50. The molecule has 2 heteroatoms. The van der Waals surface area contributed by atoms with Crippen molar-refractivity contribution in [2.75, 3.05) is 0 Å². The summed E-state index contributed by atoms with van der Waals surface area (Å²) >= 11 is 0. The van der Waals surface area contributed by atoms with Gasteiger partial charge in [-0.1, -0.05) is 33.8 Å². The van der Waals surface area contributed by atoms with Crippen LogP contribution in [0.3, 0.4) is 0 Å². The van der Waals surface area contributed by atoms with E-state index < -0.39 is 0 Å². The molecule has 0 atom stereocenters. The molecule has 2 rings (SSSR count). The van der Waals surface area contributed by atoms with Crippen LogP contribution in [0.1, 0.15) is 44.7 Å². The van der Waals surface area contributed by atoms with Crippen LogP contribution >= 0.6 is 0 Å². The maximum Gasteiger partial charge on any atom is 0.116 e. The van der Waals surface area contributed by atoms with Crippen molar-refractivity contribution < 1.29 is 0 Å². The highest BCUT2D eigenvalue weighted by atomic mass is 14.8. The Kier molecular flexibility index (Phi) is 3.41. The van der Waals surface area contributed by atoms with Crippen LogP contribution in [-0.4, -0.2) is 9.97 Å². The topological polar surface area (TPSA) is 25.8 Å². The summed E-state index contributed by atoms with van der Waals surface area (Å²) in [5.74, 6) is 1.20. The Morgan fingerprint density at radius 3 is 2.53 bits per heavy atom. The Morgan fingerprint density at radius 1 is 1.12 bits per heavy atom. The molecule has 0 saturated carbocycles. The molecule has 90 valence electrons. The van der Waals surface area contributed by atoms with Crippen molar-refractivity contribution in [2.45, 2.75) is 40.0 Å². The van der Waals surface area contributed by atoms with E-state index in [9.17, 15) is 0 Å².